The van der Waals surface area contributed by atoms with Crippen LogP contribution in [0.5, 0.6) is 0 Å². The smallest absolute Gasteiger partial charge is 0.416 e. The third kappa shape index (κ3) is 6.21. The molecule has 0 unspecified atom stereocenters. The first kappa shape index (κ1) is 32.3. The van der Waals surface area contributed by atoms with Gasteiger partial charge in [0.25, 0.3) is 0 Å². The summed E-state index contributed by atoms with van der Waals surface area (Å²) in [5.41, 5.74) is 3.49. The molecular formula is C34H29F3N6O5. The van der Waals surface area contributed by atoms with Crippen LogP contribution in [0.15, 0.2) is 73.6 Å². The van der Waals surface area contributed by atoms with Crippen molar-refractivity contribution < 1.29 is 37.7 Å². The van der Waals surface area contributed by atoms with Gasteiger partial charge in [0, 0.05) is 41.5 Å². The summed E-state index contributed by atoms with van der Waals surface area (Å²) < 4.78 is 48.1. The average molecular weight is 659 g/mol. The van der Waals surface area contributed by atoms with E-state index in [1.54, 1.807) is 68.2 Å². The first-order valence-corrected chi connectivity index (χ1v) is 14.8. The van der Waals surface area contributed by atoms with Crippen LogP contribution in [-0.4, -0.2) is 57.7 Å². The van der Waals surface area contributed by atoms with Gasteiger partial charge in [-0.05, 0) is 67.8 Å². The van der Waals surface area contributed by atoms with E-state index in [0.29, 0.717) is 44.8 Å². The molecule has 14 heteroatoms. The van der Waals surface area contributed by atoms with Crippen LogP contribution in [0, 0.1) is 13.8 Å². The molecule has 246 valence electrons. The lowest BCUT2D eigenvalue weighted by Crippen LogP contribution is -2.32. The first-order valence-electron chi connectivity index (χ1n) is 14.8. The highest BCUT2D eigenvalue weighted by molar-refractivity contribution is 5.89. The molecule has 0 aliphatic carbocycles. The number of carbonyl (C=O) groups excluding carboxylic acids is 1. The maximum atomic E-state index is 13.6. The second-order valence-corrected chi connectivity index (χ2v) is 11.5. The molecule has 2 aromatic carbocycles. The number of carboxylic acids is 1. The summed E-state index contributed by atoms with van der Waals surface area (Å²) in [5.74, 6) is -0.815. The zero-order valence-corrected chi connectivity index (χ0v) is 25.9. The molecular weight excluding hydrogens is 629 g/mol. The Labute approximate surface area is 272 Å². The van der Waals surface area contributed by atoms with Crippen LogP contribution in [0.1, 0.15) is 57.0 Å². The van der Waals surface area contributed by atoms with Crippen molar-refractivity contribution in [3.05, 3.63) is 113 Å². The number of aromatic nitrogens is 5. The first-order chi connectivity index (χ1) is 22.8. The summed E-state index contributed by atoms with van der Waals surface area (Å²) in [6, 6.07) is 9.41. The number of alkyl halides is 3. The van der Waals surface area contributed by atoms with E-state index in [1.807, 2.05) is 0 Å². The predicted octanol–water partition coefficient (Wildman–Crippen LogP) is 6.30. The number of aryl methyl sites for hydroxylation is 2. The number of pyridine rings is 1. The summed E-state index contributed by atoms with van der Waals surface area (Å²) >= 11 is 0. The number of carboxylic acid groups (broad SMARTS) is 1. The average Bonchev–Trinajstić information content (AvgIpc) is 3.69. The number of hydrogen-bond acceptors (Lipinski definition) is 8. The van der Waals surface area contributed by atoms with Crippen molar-refractivity contribution >= 4 is 12.1 Å². The number of aliphatic hydroxyl groups is 1. The molecule has 2 atom stereocenters. The fourth-order valence-corrected chi connectivity index (χ4v) is 5.84. The highest BCUT2D eigenvalue weighted by atomic mass is 19.4. The van der Waals surface area contributed by atoms with Crippen molar-refractivity contribution in [2.75, 3.05) is 0 Å². The van der Waals surface area contributed by atoms with Crippen molar-refractivity contribution in [2.24, 2.45) is 0 Å². The molecule has 2 N–H and O–H groups in total. The molecule has 4 heterocycles. The van der Waals surface area contributed by atoms with Crippen molar-refractivity contribution in [1.82, 2.24) is 29.4 Å². The molecule has 5 aromatic rings. The van der Waals surface area contributed by atoms with Gasteiger partial charge >= 0.3 is 18.2 Å². The lowest BCUT2D eigenvalue weighted by atomic mass is 9.95. The van der Waals surface area contributed by atoms with Gasteiger partial charge < -0.3 is 14.9 Å². The second-order valence-electron chi connectivity index (χ2n) is 11.5. The number of rotatable bonds is 8. The molecule has 0 spiro atoms. The minimum absolute atomic E-state index is 0.116. The van der Waals surface area contributed by atoms with Gasteiger partial charge in [0.05, 0.1) is 41.7 Å². The minimum Gasteiger partial charge on any atom is -0.478 e. The maximum absolute atomic E-state index is 13.6. The van der Waals surface area contributed by atoms with Crippen LogP contribution in [0.4, 0.5) is 18.0 Å². The number of carbonyl (C=O) groups is 2. The van der Waals surface area contributed by atoms with E-state index in [9.17, 15) is 33.0 Å². The van der Waals surface area contributed by atoms with Crippen molar-refractivity contribution in [1.29, 1.82) is 0 Å². The van der Waals surface area contributed by atoms with E-state index in [2.05, 4.69) is 15.0 Å². The number of imidazole rings is 1. The van der Waals surface area contributed by atoms with Gasteiger partial charge in [-0.3, -0.25) is 14.5 Å². The Hall–Kier alpha value is -5.63. The summed E-state index contributed by atoms with van der Waals surface area (Å²) in [6.45, 7) is 4.46. The Balaban J connectivity index is 1.42. The third-order valence-corrected chi connectivity index (χ3v) is 8.25. The molecule has 1 amide bonds. The molecule has 3 aromatic heterocycles. The molecule has 0 radical (unpaired) electrons. The molecule has 1 fully saturated rings. The van der Waals surface area contributed by atoms with Crippen LogP contribution in [-0.2, 0) is 24.1 Å². The van der Waals surface area contributed by atoms with Gasteiger partial charge in [-0.25, -0.2) is 24.5 Å². The van der Waals surface area contributed by atoms with Gasteiger partial charge in [-0.1, -0.05) is 17.7 Å². The maximum Gasteiger partial charge on any atom is 0.416 e. The van der Waals surface area contributed by atoms with Crippen molar-refractivity contribution in [2.45, 2.75) is 52.2 Å². The molecule has 1 saturated heterocycles. The van der Waals surface area contributed by atoms with Crippen LogP contribution in [0.2, 0.25) is 0 Å². The van der Waals surface area contributed by atoms with Gasteiger partial charge in [0.15, 0.2) is 0 Å². The number of nitrogens with zero attached hydrogens (tertiary/aromatic N) is 6. The topological polar surface area (TPSA) is 144 Å². The Bertz CT molecular complexity index is 2030. The highest BCUT2D eigenvalue weighted by Gasteiger charge is 2.41. The summed E-state index contributed by atoms with van der Waals surface area (Å²) in [6.07, 6.45) is 1.51. The monoisotopic (exact) mass is 658 g/mol. The molecule has 48 heavy (non-hydrogen) atoms. The van der Waals surface area contributed by atoms with E-state index in [0.717, 1.165) is 12.1 Å². The molecule has 6 rings (SSSR count). The van der Waals surface area contributed by atoms with E-state index in [-0.39, 0.29) is 23.6 Å². The number of hydrogen-bond donors (Lipinski definition) is 2. The third-order valence-electron chi connectivity index (χ3n) is 8.25. The van der Waals surface area contributed by atoms with E-state index in [1.165, 1.54) is 23.5 Å². The number of aliphatic hydroxyl groups excluding tert-OH is 1. The quantitative estimate of drug-likeness (QED) is 0.196. The van der Waals surface area contributed by atoms with E-state index in [4.69, 9.17) is 9.72 Å². The largest absolute Gasteiger partial charge is 0.478 e. The number of aromatic carboxylic acids is 1. The van der Waals surface area contributed by atoms with Gasteiger partial charge in [0.2, 0.25) is 5.95 Å². The standard InChI is InChI=1S/C34H29F3N6O5/c1-18-8-22(11-24(9-18)34(35,36)37)30-20(3)43(33(47)48-30)15-28-27(14-40-32(41-28)42-7-6-38-17-42)26-12-23(13-39-29(26)16-44)25-5-4-21(31(45)46)10-19(25)2/h4-14,17,20,30,44H,15-16H2,1-3H3,(H,45,46)/t20-,30-/m0/s1. The predicted molar refractivity (Wildman–Crippen MR) is 166 cm³/mol. The lowest BCUT2D eigenvalue weighted by Gasteiger charge is -2.23. The number of ether oxygens (including phenoxy) is 1. The molecule has 1 aliphatic heterocycles. The van der Waals surface area contributed by atoms with Crippen LogP contribution >= 0.6 is 0 Å². The fourth-order valence-electron chi connectivity index (χ4n) is 5.84. The number of benzene rings is 2. The highest BCUT2D eigenvalue weighted by Crippen LogP contribution is 2.39. The van der Waals surface area contributed by atoms with E-state index < -0.39 is 42.6 Å². The Morgan fingerprint density at radius 3 is 2.46 bits per heavy atom. The van der Waals surface area contributed by atoms with Gasteiger partial charge in [-0.15, -0.1) is 0 Å². The van der Waals surface area contributed by atoms with Crippen molar-refractivity contribution in [3.8, 4) is 28.2 Å². The lowest BCUT2D eigenvalue weighted by molar-refractivity contribution is -0.137. The molecule has 0 saturated carbocycles. The minimum atomic E-state index is -4.57. The summed E-state index contributed by atoms with van der Waals surface area (Å²) in [5, 5.41) is 19.7. The number of cyclic esters (lactones) is 1. The molecule has 1 aliphatic rings. The zero-order valence-electron chi connectivity index (χ0n) is 25.9. The van der Waals surface area contributed by atoms with Crippen molar-refractivity contribution in [3.63, 3.8) is 0 Å². The summed E-state index contributed by atoms with van der Waals surface area (Å²) in [4.78, 5) is 43.9. The number of halogens is 3. The van der Waals surface area contributed by atoms with Gasteiger partial charge in [0.1, 0.15) is 12.4 Å². The van der Waals surface area contributed by atoms with Crippen LogP contribution in [0.3, 0.4) is 0 Å². The summed E-state index contributed by atoms with van der Waals surface area (Å²) in [7, 11) is 0. The van der Waals surface area contributed by atoms with E-state index >= 15 is 0 Å². The molecule has 0 bridgehead atoms. The number of amides is 1. The second kappa shape index (κ2) is 12.5. The zero-order chi connectivity index (χ0) is 34.3. The van der Waals surface area contributed by atoms with Crippen LogP contribution < -0.4 is 0 Å². The SMILES string of the molecule is Cc1cc([C@H]2OC(=O)N(Cc3nc(-n4ccnc4)ncc3-c3cc(-c4ccc(C(=O)O)cc4C)cnc3CO)[C@H]2C)cc(C(F)(F)F)c1. The Kier molecular flexibility index (Phi) is 8.43. The van der Waals surface area contributed by atoms with Crippen LogP contribution in [0.25, 0.3) is 28.2 Å². The fraction of sp³-hybridized carbons (Fsp3) is 0.235. The Morgan fingerprint density at radius 2 is 1.79 bits per heavy atom. The molecule has 11 nitrogen and oxygen atoms in total. The normalized spacial score (nSPS) is 16.3. The Morgan fingerprint density at radius 1 is 1.00 bits per heavy atom. The van der Waals surface area contributed by atoms with Gasteiger partial charge in [-0.2, -0.15) is 13.2 Å².